The molecule has 0 N–H and O–H groups in total. The fourth-order valence-corrected chi connectivity index (χ4v) is 2.03. The highest BCUT2D eigenvalue weighted by Crippen LogP contribution is 2.18. The van der Waals surface area contributed by atoms with Crippen LogP contribution in [0.1, 0.15) is 6.92 Å². The maximum atomic E-state index is 5.79. The van der Waals surface area contributed by atoms with Crippen LogP contribution in [0.5, 0.6) is 5.75 Å². The third-order valence-electron chi connectivity index (χ3n) is 1.89. The van der Waals surface area contributed by atoms with Crippen LogP contribution in [0.15, 0.2) is 42.0 Å². The summed E-state index contributed by atoms with van der Waals surface area (Å²) in [5.41, 5.74) is 0. The van der Waals surface area contributed by atoms with Gasteiger partial charge in [0.2, 0.25) is 8.32 Å². The van der Waals surface area contributed by atoms with Crippen LogP contribution < -0.4 is 4.74 Å². The van der Waals surface area contributed by atoms with Gasteiger partial charge in [0, 0.05) is 6.92 Å². The molecular weight excluding hydrogens is 232 g/mol. The number of hydrogen-bond acceptors (Lipinski definition) is 3. The molecule has 1 aromatic carbocycles. The smallest absolute Gasteiger partial charge is 0.305 e. The van der Waals surface area contributed by atoms with Crippen molar-refractivity contribution in [2.24, 2.45) is 0 Å². The number of para-hydroxylation sites is 1. The van der Waals surface area contributed by atoms with Gasteiger partial charge in [0.1, 0.15) is 5.75 Å². The Morgan fingerprint density at radius 3 is 2.12 bits per heavy atom. The molecule has 94 valence electrons. The zero-order valence-electron chi connectivity index (χ0n) is 11.1. The van der Waals surface area contributed by atoms with Gasteiger partial charge in [-0.05, 0) is 31.8 Å². The maximum absolute atomic E-state index is 5.79. The van der Waals surface area contributed by atoms with E-state index in [0.717, 1.165) is 5.75 Å². The lowest BCUT2D eigenvalue weighted by Crippen LogP contribution is -2.26. The van der Waals surface area contributed by atoms with Crippen molar-refractivity contribution in [3.05, 3.63) is 42.0 Å². The van der Waals surface area contributed by atoms with Gasteiger partial charge in [-0.15, -0.1) is 0 Å². The van der Waals surface area contributed by atoms with E-state index in [1.165, 1.54) is 0 Å². The standard InChI is InChI=1S/C13H20O3Si/c1-11(13(14-2)16-17(3,4)5)15-12-9-7-6-8-10-12/h6-10H,1-5H3/b13-11-. The van der Waals surface area contributed by atoms with E-state index < -0.39 is 8.32 Å². The third kappa shape index (κ3) is 4.95. The van der Waals surface area contributed by atoms with E-state index in [-0.39, 0.29) is 0 Å². The van der Waals surface area contributed by atoms with Crippen LogP contribution in [-0.4, -0.2) is 15.4 Å². The van der Waals surface area contributed by atoms with E-state index in [2.05, 4.69) is 19.6 Å². The minimum absolute atomic E-state index is 0.466. The summed E-state index contributed by atoms with van der Waals surface area (Å²) in [6, 6.07) is 9.58. The highest BCUT2D eigenvalue weighted by atomic mass is 28.4. The summed E-state index contributed by atoms with van der Waals surface area (Å²) >= 11 is 0. The molecule has 3 nitrogen and oxygen atoms in total. The van der Waals surface area contributed by atoms with Gasteiger partial charge in [-0.25, -0.2) is 0 Å². The summed E-state index contributed by atoms with van der Waals surface area (Å²) in [6.07, 6.45) is 0. The lowest BCUT2D eigenvalue weighted by molar-refractivity contribution is 0.126. The molecule has 0 aliphatic rings. The lowest BCUT2D eigenvalue weighted by atomic mass is 10.3. The molecule has 4 heteroatoms. The monoisotopic (exact) mass is 252 g/mol. The predicted molar refractivity (Wildman–Crippen MR) is 71.2 cm³/mol. The summed E-state index contributed by atoms with van der Waals surface area (Å²) in [5, 5.41) is 0. The van der Waals surface area contributed by atoms with Gasteiger partial charge in [0.25, 0.3) is 0 Å². The van der Waals surface area contributed by atoms with Crippen molar-refractivity contribution in [2.45, 2.75) is 26.6 Å². The Kier molecular flexibility index (Phi) is 4.63. The van der Waals surface area contributed by atoms with E-state index in [9.17, 15) is 0 Å². The molecule has 0 amide bonds. The Morgan fingerprint density at radius 1 is 1.06 bits per heavy atom. The number of ether oxygens (including phenoxy) is 2. The zero-order chi connectivity index (χ0) is 12.9. The fraction of sp³-hybridized carbons (Fsp3) is 0.385. The van der Waals surface area contributed by atoms with Crippen LogP contribution in [0, 0.1) is 0 Å². The zero-order valence-corrected chi connectivity index (χ0v) is 12.1. The van der Waals surface area contributed by atoms with Crippen LogP contribution in [-0.2, 0) is 9.16 Å². The van der Waals surface area contributed by atoms with Gasteiger partial charge in [0.05, 0.1) is 7.11 Å². The molecule has 0 spiro atoms. The van der Waals surface area contributed by atoms with Gasteiger partial charge in [-0.3, -0.25) is 0 Å². The molecule has 0 aliphatic carbocycles. The second kappa shape index (κ2) is 5.77. The van der Waals surface area contributed by atoms with Crippen molar-refractivity contribution in [1.82, 2.24) is 0 Å². The van der Waals surface area contributed by atoms with Crippen LogP contribution in [0.3, 0.4) is 0 Å². The second-order valence-corrected chi connectivity index (χ2v) is 9.11. The van der Waals surface area contributed by atoms with Gasteiger partial charge in [-0.2, -0.15) is 0 Å². The Hall–Kier alpha value is -1.42. The van der Waals surface area contributed by atoms with E-state index in [1.54, 1.807) is 7.11 Å². The first-order chi connectivity index (χ1) is 7.92. The predicted octanol–water partition coefficient (Wildman–Crippen LogP) is 3.75. The molecule has 0 fully saturated rings. The van der Waals surface area contributed by atoms with Crippen molar-refractivity contribution in [2.75, 3.05) is 7.11 Å². The number of hydrogen-bond donors (Lipinski definition) is 0. The molecule has 0 unspecified atom stereocenters. The summed E-state index contributed by atoms with van der Waals surface area (Å²) in [7, 11) is -0.0935. The summed E-state index contributed by atoms with van der Waals surface area (Å²) < 4.78 is 16.7. The molecule has 0 aliphatic heterocycles. The first-order valence-corrected chi connectivity index (χ1v) is 9.00. The van der Waals surface area contributed by atoms with E-state index in [0.29, 0.717) is 11.7 Å². The molecule has 17 heavy (non-hydrogen) atoms. The molecule has 0 bridgehead atoms. The normalized spacial score (nSPS) is 12.8. The summed E-state index contributed by atoms with van der Waals surface area (Å²) in [4.78, 5) is 0. The summed E-state index contributed by atoms with van der Waals surface area (Å²) in [5.74, 6) is 1.88. The van der Waals surface area contributed by atoms with Crippen LogP contribution in [0.25, 0.3) is 0 Å². The molecule has 0 radical (unpaired) electrons. The number of allylic oxidation sites excluding steroid dienone is 1. The molecular formula is C13H20O3Si. The quantitative estimate of drug-likeness (QED) is 0.590. The highest BCUT2D eigenvalue weighted by Gasteiger charge is 2.20. The molecule has 0 saturated carbocycles. The van der Waals surface area contributed by atoms with Crippen molar-refractivity contribution in [3.8, 4) is 5.75 Å². The van der Waals surface area contributed by atoms with Crippen molar-refractivity contribution >= 4 is 8.32 Å². The Morgan fingerprint density at radius 2 is 1.65 bits per heavy atom. The van der Waals surface area contributed by atoms with Crippen LogP contribution in [0.2, 0.25) is 19.6 Å². The van der Waals surface area contributed by atoms with Gasteiger partial charge >= 0.3 is 5.95 Å². The molecule has 0 aromatic heterocycles. The highest BCUT2D eigenvalue weighted by molar-refractivity contribution is 6.70. The number of methoxy groups -OCH3 is 1. The van der Waals surface area contributed by atoms with Crippen molar-refractivity contribution < 1.29 is 13.9 Å². The first kappa shape index (κ1) is 13.6. The van der Waals surface area contributed by atoms with Crippen LogP contribution >= 0.6 is 0 Å². The van der Waals surface area contributed by atoms with Gasteiger partial charge in [-0.1, -0.05) is 18.2 Å². The Balaban J connectivity index is 2.80. The lowest BCUT2D eigenvalue weighted by Gasteiger charge is -2.21. The van der Waals surface area contributed by atoms with Crippen molar-refractivity contribution in [3.63, 3.8) is 0 Å². The minimum Gasteiger partial charge on any atom is -0.517 e. The maximum Gasteiger partial charge on any atom is 0.305 e. The largest absolute Gasteiger partial charge is 0.517 e. The second-order valence-electron chi connectivity index (χ2n) is 4.68. The number of benzene rings is 1. The SMILES string of the molecule is CO/C(O[Si](C)(C)C)=C(\C)Oc1ccccc1. The fourth-order valence-electron chi connectivity index (χ4n) is 1.24. The molecule has 0 heterocycles. The first-order valence-electron chi connectivity index (χ1n) is 5.59. The number of rotatable bonds is 5. The topological polar surface area (TPSA) is 27.7 Å². The van der Waals surface area contributed by atoms with E-state index in [4.69, 9.17) is 13.9 Å². The van der Waals surface area contributed by atoms with Gasteiger partial charge in [0.15, 0.2) is 5.76 Å². The molecule has 1 aromatic rings. The minimum atomic E-state index is -1.68. The Bertz CT molecular complexity index is 379. The Labute approximate surface area is 104 Å². The average molecular weight is 252 g/mol. The molecule has 0 saturated heterocycles. The van der Waals surface area contributed by atoms with Crippen molar-refractivity contribution in [1.29, 1.82) is 0 Å². The van der Waals surface area contributed by atoms with E-state index >= 15 is 0 Å². The summed E-state index contributed by atoms with van der Waals surface area (Å²) in [6.45, 7) is 8.14. The van der Waals surface area contributed by atoms with Crippen LogP contribution in [0.4, 0.5) is 0 Å². The van der Waals surface area contributed by atoms with E-state index in [1.807, 2.05) is 37.3 Å². The molecule has 1 rings (SSSR count). The molecule has 0 atom stereocenters. The average Bonchev–Trinajstić information content (AvgIpc) is 2.26. The third-order valence-corrected chi connectivity index (χ3v) is 2.68. The van der Waals surface area contributed by atoms with Gasteiger partial charge < -0.3 is 13.9 Å².